The van der Waals surface area contributed by atoms with Gasteiger partial charge in [0.05, 0.1) is 17.7 Å². The molecule has 0 spiro atoms. The number of rotatable bonds is 4. The molecule has 0 bridgehead atoms. The highest BCUT2D eigenvalue weighted by atomic mass is 16.2. The number of hydrogen-bond donors (Lipinski definition) is 1. The van der Waals surface area contributed by atoms with Crippen LogP contribution in [0.5, 0.6) is 0 Å². The summed E-state index contributed by atoms with van der Waals surface area (Å²) in [5.74, 6) is 0.736. The van der Waals surface area contributed by atoms with Crippen LogP contribution >= 0.6 is 0 Å². The molecule has 1 aromatic rings. The Balaban J connectivity index is 1.31. The van der Waals surface area contributed by atoms with Crippen LogP contribution in [-0.4, -0.2) is 52.4 Å². The predicted molar refractivity (Wildman–Crippen MR) is 119 cm³/mol. The summed E-state index contributed by atoms with van der Waals surface area (Å²) in [6, 6.07) is 0.256. The molecule has 5 rings (SSSR count). The quantitative estimate of drug-likeness (QED) is 0.802. The molecular weight excluding hydrogens is 390 g/mol. The van der Waals surface area contributed by atoms with E-state index in [1.807, 2.05) is 11.1 Å². The van der Waals surface area contributed by atoms with Crippen LogP contribution in [0.3, 0.4) is 0 Å². The molecule has 7 heteroatoms. The van der Waals surface area contributed by atoms with Crippen molar-refractivity contribution >= 4 is 17.8 Å². The van der Waals surface area contributed by atoms with Crippen LogP contribution in [0.15, 0.2) is 6.20 Å². The van der Waals surface area contributed by atoms with Gasteiger partial charge in [-0.1, -0.05) is 26.7 Å². The van der Waals surface area contributed by atoms with Crippen LogP contribution < -0.4 is 10.2 Å². The number of hydrogen-bond acceptors (Lipinski definition) is 5. The van der Waals surface area contributed by atoms with Crippen molar-refractivity contribution in [2.75, 3.05) is 24.5 Å². The van der Waals surface area contributed by atoms with Crippen LogP contribution in [0.2, 0.25) is 0 Å². The Bertz CT molecular complexity index is 858. The molecule has 2 amide bonds. The lowest BCUT2D eigenvalue weighted by atomic mass is 9.74. The number of carbonyl (C=O) groups excluding carboxylic acids is 2. The SMILES string of the molecule is CC1(C)Cc2nc(N3CCCC3)ncc2[C@H](NC(=O)[C@H]2CC(=O)N(C3CCCC3)C2)C1. The molecule has 2 saturated heterocycles. The van der Waals surface area contributed by atoms with E-state index in [4.69, 9.17) is 4.98 Å². The summed E-state index contributed by atoms with van der Waals surface area (Å²) >= 11 is 0. The fraction of sp³-hybridized carbons (Fsp3) is 0.750. The van der Waals surface area contributed by atoms with Crippen molar-refractivity contribution in [2.24, 2.45) is 11.3 Å². The minimum Gasteiger partial charge on any atom is -0.349 e. The summed E-state index contributed by atoms with van der Waals surface area (Å²) in [5.41, 5.74) is 2.17. The van der Waals surface area contributed by atoms with Gasteiger partial charge < -0.3 is 15.1 Å². The normalized spacial score (nSPS) is 28.3. The lowest BCUT2D eigenvalue weighted by Gasteiger charge is -2.37. The van der Waals surface area contributed by atoms with Crippen LogP contribution in [0.4, 0.5) is 5.95 Å². The zero-order valence-electron chi connectivity index (χ0n) is 18.9. The van der Waals surface area contributed by atoms with E-state index in [9.17, 15) is 9.59 Å². The Kier molecular flexibility index (Phi) is 5.39. The van der Waals surface area contributed by atoms with Gasteiger partial charge in [-0.2, -0.15) is 0 Å². The number of fused-ring (bicyclic) bond motifs is 1. The first-order valence-corrected chi connectivity index (χ1v) is 12.1. The molecule has 1 aromatic heterocycles. The van der Waals surface area contributed by atoms with E-state index in [0.29, 0.717) is 19.0 Å². The van der Waals surface area contributed by atoms with Crippen LogP contribution in [0.25, 0.3) is 0 Å². The van der Waals surface area contributed by atoms with Crippen molar-refractivity contribution in [3.8, 4) is 0 Å². The van der Waals surface area contributed by atoms with E-state index in [-0.39, 0.29) is 29.2 Å². The highest BCUT2D eigenvalue weighted by Gasteiger charge is 2.41. The number of amides is 2. The summed E-state index contributed by atoms with van der Waals surface area (Å²) in [4.78, 5) is 39.5. The minimum absolute atomic E-state index is 0.00566. The third kappa shape index (κ3) is 4.15. The van der Waals surface area contributed by atoms with Gasteiger partial charge in [0.25, 0.3) is 0 Å². The Hall–Kier alpha value is -2.18. The van der Waals surface area contributed by atoms with Crippen molar-refractivity contribution < 1.29 is 9.59 Å². The van der Waals surface area contributed by atoms with Crippen molar-refractivity contribution in [1.29, 1.82) is 0 Å². The van der Waals surface area contributed by atoms with Crippen molar-refractivity contribution in [1.82, 2.24) is 20.2 Å². The first-order chi connectivity index (χ1) is 14.9. The molecule has 2 atom stereocenters. The zero-order valence-corrected chi connectivity index (χ0v) is 18.9. The van der Waals surface area contributed by atoms with Gasteiger partial charge in [-0.25, -0.2) is 9.97 Å². The first-order valence-electron chi connectivity index (χ1n) is 12.1. The molecule has 7 nitrogen and oxygen atoms in total. The van der Waals surface area contributed by atoms with Crippen molar-refractivity contribution in [2.45, 2.75) is 83.7 Å². The summed E-state index contributed by atoms with van der Waals surface area (Å²) in [5, 5.41) is 3.28. The maximum Gasteiger partial charge on any atom is 0.225 e. The minimum atomic E-state index is -0.244. The van der Waals surface area contributed by atoms with Gasteiger partial charge in [0, 0.05) is 43.9 Å². The van der Waals surface area contributed by atoms with Crippen LogP contribution in [0.1, 0.15) is 82.5 Å². The number of aromatic nitrogens is 2. The van der Waals surface area contributed by atoms with Crippen molar-refractivity contribution in [3.63, 3.8) is 0 Å². The van der Waals surface area contributed by atoms with Gasteiger partial charge in [0.15, 0.2) is 0 Å². The summed E-state index contributed by atoms with van der Waals surface area (Å²) < 4.78 is 0. The average molecular weight is 426 g/mol. The smallest absolute Gasteiger partial charge is 0.225 e. The fourth-order valence-corrected chi connectivity index (χ4v) is 6.00. The number of carbonyl (C=O) groups is 2. The molecule has 31 heavy (non-hydrogen) atoms. The maximum atomic E-state index is 13.2. The molecule has 168 valence electrons. The third-order valence-corrected chi connectivity index (χ3v) is 7.67. The van der Waals surface area contributed by atoms with E-state index >= 15 is 0 Å². The molecule has 0 radical (unpaired) electrons. The van der Waals surface area contributed by atoms with Gasteiger partial charge in [0.2, 0.25) is 17.8 Å². The molecule has 2 aliphatic carbocycles. The third-order valence-electron chi connectivity index (χ3n) is 7.67. The predicted octanol–water partition coefficient (Wildman–Crippen LogP) is 3.00. The van der Waals surface area contributed by atoms with E-state index in [2.05, 4.69) is 29.0 Å². The van der Waals surface area contributed by atoms with Gasteiger partial charge in [-0.05, 0) is 43.9 Å². The number of likely N-dealkylation sites (tertiary alicyclic amines) is 1. The molecule has 3 fully saturated rings. The van der Waals surface area contributed by atoms with E-state index < -0.39 is 0 Å². The topological polar surface area (TPSA) is 78.4 Å². The molecule has 0 unspecified atom stereocenters. The molecule has 3 heterocycles. The summed E-state index contributed by atoms with van der Waals surface area (Å²) in [6.45, 7) is 7.11. The van der Waals surface area contributed by atoms with Crippen molar-refractivity contribution in [3.05, 3.63) is 17.5 Å². The van der Waals surface area contributed by atoms with Gasteiger partial charge in [-0.3, -0.25) is 9.59 Å². The second kappa shape index (κ2) is 8.06. The van der Waals surface area contributed by atoms with Gasteiger partial charge in [0.1, 0.15) is 0 Å². The Morgan fingerprint density at radius 2 is 1.90 bits per heavy atom. The molecule has 4 aliphatic rings. The Labute approximate surface area is 185 Å². The highest BCUT2D eigenvalue weighted by Crippen LogP contribution is 2.41. The average Bonchev–Trinajstić information content (AvgIpc) is 3.48. The van der Waals surface area contributed by atoms with Gasteiger partial charge in [-0.15, -0.1) is 0 Å². The van der Waals surface area contributed by atoms with E-state index in [0.717, 1.165) is 56.0 Å². The standard InChI is InChI=1S/C24H35N5O2/c1-24(2)12-19(18-14-25-23(27-20(18)13-24)28-9-5-6-10-28)26-22(31)16-11-21(30)29(15-16)17-7-3-4-8-17/h14,16-17,19H,3-13,15H2,1-2H3,(H,26,31)/t16-,19+/m0/s1. The number of nitrogens with zero attached hydrogens (tertiary/aromatic N) is 4. The number of anilines is 1. The molecule has 0 aromatic carbocycles. The molecular formula is C24H35N5O2. The second-order valence-corrected chi connectivity index (χ2v) is 10.8. The Morgan fingerprint density at radius 3 is 2.65 bits per heavy atom. The summed E-state index contributed by atoms with van der Waals surface area (Å²) in [6.07, 6.45) is 11.0. The molecule has 1 N–H and O–H groups in total. The second-order valence-electron chi connectivity index (χ2n) is 10.8. The number of nitrogens with one attached hydrogen (secondary N) is 1. The maximum absolute atomic E-state index is 13.2. The lowest BCUT2D eigenvalue weighted by molar-refractivity contribution is -0.130. The molecule has 2 aliphatic heterocycles. The van der Waals surface area contributed by atoms with Gasteiger partial charge >= 0.3 is 0 Å². The molecule has 1 saturated carbocycles. The Morgan fingerprint density at radius 1 is 1.16 bits per heavy atom. The van der Waals surface area contributed by atoms with Crippen LogP contribution in [0, 0.1) is 11.3 Å². The van der Waals surface area contributed by atoms with Crippen LogP contribution in [-0.2, 0) is 16.0 Å². The first kappa shape index (κ1) is 20.7. The lowest BCUT2D eigenvalue weighted by Crippen LogP contribution is -2.41. The van der Waals surface area contributed by atoms with E-state index in [1.54, 1.807) is 0 Å². The summed E-state index contributed by atoms with van der Waals surface area (Å²) in [7, 11) is 0. The monoisotopic (exact) mass is 425 g/mol. The highest BCUT2D eigenvalue weighted by molar-refractivity contribution is 5.89. The fourth-order valence-electron chi connectivity index (χ4n) is 6.00. The largest absolute Gasteiger partial charge is 0.349 e. The zero-order chi connectivity index (χ0) is 21.6. The van der Waals surface area contributed by atoms with E-state index in [1.165, 1.54) is 25.7 Å².